The van der Waals surface area contributed by atoms with E-state index in [0.29, 0.717) is 5.75 Å². The molecular weight excluding hydrogens is 264 g/mol. The summed E-state index contributed by atoms with van der Waals surface area (Å²) in [5.41, 5.74) is 2.38. The van der Waals surface area contributed by atoms with Gasteiger partial charge < -0.3 is 14.9 Å². The van der Waals surface area contributed by atoms with Crippen LogP contribution >= 0.6 is 0 Å². The van der Waals surface area contributed by atoms with Gasteiger partial charge in [-0.15, -0.1) is 0 Å². The van der Waals surface area contributed by atoms with E-state index in [4.69, 9.17) is 9.84 Å². The highest BCUT2D eigenvalue weighted by atomic mass is 16.5. The van der Waals surface area contributed by atoms with Crippen LogP contribution in [0, 0.1) is 0 Å². The van der Waals surface area contributed by atoms with E-state index in [-0.39, 0.29) is 18.6 Å². The summed E-state index contributed by atoms with van der Waals surface area (Å²) in [7, 11) is 0. The van der Waals surface area contributed by atoms with Crippen LogP contribution in [0.15, 0.2) is 54.6 Å². The van der Waals surface area contributed by atoms with Gasteiger partial charge in [-0.1, -0.05) is 56.3 Å². The van der Waals surface area contributed by atoms with E-state index in [9.17, 15) is 5.11 Å². The SMILES string of the molecule is CC(C)(c1ccccc1)c1ccc(OCC(O)CO)cc1. The number of aliphatic hydroxyl groups excluding tert-OH is 2. The molecule has 1 unspecified atom stereocenters. The van der Waals surface area contributed by atoms with Crippen molar-refractivity contribution in [2.45, 2.75) is 25.4 Å². The molecule has 0 fully saturated rings. The average Bonchev–Trinajstić information content (AvgIpc) is 2.53. The van der Waals surface area contributed by atoms with Crippen LogP contribution in [0.4, 0.5) is 0 Å². The molecule has 3 nitrogen and oxygen atoms in total. The average molecular weight is 286 g/mol. The maximum absolute atomic E-state index is 9.28. The van der Waals surface area contributed by atoms with Gasteiger partial charge in [0.2, 0.25) is 0 Å². The minimum atomic E-state index is -0.842. The molecular formula is C18H22O3. The van der Waals surface area contributed by atoms with Crippen molar-refractivity contribution < 1.29 is 14.9 Å². The van der Waals surface area contributed by atoms with Crippen molar-refractivity contribution in [1.29, 1.82) is 0 Å². The third-order valence-corrected chi connectivity index (χ3v) is 3.72. The monoisotopic (exact) mass is 286 g/mol. The van der Waals surface area contributed by atoms with Crippen molar-refractivity contribution in [2.24, 2.45) is 0 Å². The second kappa shape index (κ2) is 6.74. The van der Waals surface area contributed by atoms with Gasteiger partial charge in [0, 0.05) is 5.41 Å². The largest absolute Gasteiger partial charge is 0.491 e. The molecule has 112 valence electrons. The third-order valence-electron chi connectivity index (χ3n) is 3.72. The Balaban J connectivity index is 2.11. The highest BCUT2D eigenvalue weighted by molar-refractivity contribution is 5.39. The normalized spacial score (nSPS) is 13.0. The number of rotatable bonds is 6. The zero-order valence-corrected chi connectivity index (χ0v) is 12.5. The molecule has 0 bridgehead atoms. The highest BCUT2D eigenvalue weighted by Gasteiger charge is 2.22. The lowest BCUT2D eigenvalue weighted by Gasteiger charge is -2.26. The molecule has 1 atom stereocenters. The van der Waals surface area contributed by atoms with Gasteiger partial charge in [0.05, 0.1) is 6.61 Å². The maximum atomic E-state index is 9.28. The van der Waals surface area contributed by atoms with Gasteiger partial charge in [-0.05, 0) is 23.3 Å². The maximum Gasteiger partial charge on any atom is 0.119 e. The first-order valence-corrected chi connectivity index (χ1v) is 7.12. The van der Waals surface area contributed by atoms with Crippen LogP contribution in [0.2, 0.25) is 0 Å². The summed E-state index contributed by atoms with van der Waals surface area (Å²) >= 11 is 0. The minimum Gasteiger partial charge on any atom is -0.491 e. The molecule has 0 aromatic heterocycles. The van der Waals surface area contributed by atoms with Crippen molar-refractivity contribution in [3.8, 4) is 5.75 Å². The lowest BCUT2D eigenvalue weighted by Crippen LogP contribution is -2.21. The number of hydrogen-bond donors (Lipinski definition) is 2. The number of ether oxygens (including phenoxy) is 1. The summed E-state index contributed by atoms with van der Waals surface area (Å²) in [6, 6.07) is 18.2. The van der Waals surface area contributed by atoms with Crippen molar-refractivity contribution in [3.63, 3.8) is 0 Å². The fourth-order valence-corrected chi connectivity index (χ4v) is 2.23. The van der Waals surface area contributed by atoms with Crippen molar-refractivity contribution in [2.75, 3.05) is 13.2 Å². The standard InChI is InChI=1S/C18H22O3/c1-18(2,14-6-4-3-5-7-14)15-8-10-17(11-9-15)21-13-16(20)12-19/h3-11,16,19-20H,12-13H2,1-2H3. The summed E-state index contributed by atoms with van der Waals surface area (Å²) < 4.78 is 5.42. The quantitative estimate of drug-likeness (QED) is 0.858. The van der Waals surface area contributed by atoms with Crippen LogP contribution in [0.3, 0.4) is 0 Å². The van der Waals surface area contributed by atoms with Crippen LogP contribution < -0.4 is 4.74 Å². The topological polar surface area (TPSA) is 49.7 Å². The third kappa shape index (κ3) is 3.84. The Morgan fingerprint density at radius 3 is 2.10 bits per heavy atom. The summed E-state index contributed by atoms with van der Waals surface area (Å²) in [5, 5.41) is 18.0. The van der Waals surface area contributed by atoms with Crippen LogP contribution in [0.1, 0.15) is 25.0 Å². The van der Waals surface area contributed by atoms with Gasteiger partial charge >= 0.3 is 0 Å². The Morgan fingerprint density at radius 2 is 1.52 bits per heavy atom. The minimum absolute atomic E-state index is 0.0790. The Morgan fingerprint density at radius 1 is 0.952 bits per heavy atom. The molecule has 21 heavy (non-hydrogen) atoms. The molecule has 3 heteroatoms. The first-order chi connectivity index (χ1) is 10.0. The van der Waals surface area contributed by atoms with Gasteiger partial charge in [-0.25, -0.2) is 0 Å². The molecule has 0 heterocycles. The van der Waals surface area contributed by atoms with Crippen LogP contribution in [-0.2, 0) is 5.41 Å². The van der Waals surface area contributed by atoms with Crippen LogP contribution in [-0.4, -0.2) is 29.5 Å². The van der Waals surface area contributed by atoms with E-state index in [1.807, 2.05) is 42.5 Å². The number of hydrogen-bond acceptors (Lipinski definition) is 3. The van der Waals surface area contributed by atoms with Crippen molar-refractivity contribution in [1.82, 2.24) is 0 Å². The fraction of sp³-hybridized carbons (Fsp3) is 0.333. The molecule has 0 saturated heterocycles. The lowest BCUT2D eigenvalue weighted by molar-refractivity contribution is 0.0536. The van der Waals surface area contributed by atoms with Gasteiger partial charge in [0.1, 0.15) is 18.5 Å². The second-order valence-electron chi connectivity index (χ2n) is 5.66. The molecule has 0 saturated carbocycles. The van der Waals surface area contributed by atoms with Gasteiger partial charge in [-0.3, -0.25) is 0 Å². The predicted molar refractivity (Wildman–Crippen MR) is 83.6 cm³/mol. The van der Waals surface area contributed by atoms with E-state index >= 15 is 0 Å². The van der Waals surface area contributed by atoms with E-state index in [1.54, 1.807) is 0 Å². The number of aliphatic hydroxyl groups is 2. The lowest BCUT2D eigenvalue weighted by atomic mass is 9.78. The van der Waals surface area contributed by atoms with Crippen molar-refractivity contribution in [3.05, 3.63) is 65.7 Å². The second-order valence-corrected chi connectivity index (χ2v) is 5.66. The molecule has 0 radical (unpaired) electrons. The zero-order chi connectivity index (χ0) is 15.3. The summed E-state index contributed by atoms with van der Waals surface area (Å²) in [6.07, 6.45) is -0.842. The smallest absolute Gasteiger partial charge is 0.119 e. The van der Waals surface area contributed by atoms with Crippen LogP contribution in [0.5, 0.6) is 5.75 Å². The molecule has 0 amide bonds. The summed E-state index contributed by atoms with van der Waals surface area (Å²) in [4.78, 5) is 0. The Bertz CT molecular complexity index is 546. The molecule has 0 aliphatic carbocycles. The fourth-order valence-electron chi connectivity index (χ4n) is 2.23. The van der Waals surface area contributed by atoms with Gasteiger partial charge in [0.25, 0.3) is 0 Å². The van der Waals surface area contributed by atoms with E-state index in [2.05, 4.69) is 26.0 Å². The highest BCUT2D eigenvalue weighted by Crippen LogP contribution is 2.32. The molecule has 2 aromatic rings. The molecule has 0 spiro atoms. The Labute approximate surface area is 125 Å². The van der Waals surface area contributed by atoms with Gasteiger partial charge in [0.15, 0.2) is 0 Å². The predicted octanol–water partition coefficient (Wildman–Crippen LogP) is 2.74. The zero-order valence-electron chi connectivity index (χ0n) is 12.5. The molecule has 0 aliphatic heterocycles. The number of benzene rings is 2. The van der Waals surface area contributed by atoms with Crippen LogP contribution in [0.25, 0.3) is 0 Å². The molecule has 2 N–H and O–H groups in total. The Hall–Kier alpha value is -1.84. The van der Waals surface area contributed by atoms with E-state index < -0.39 is 6.10 Å². The molecule has 2 aromatic carbocycles. The van der Waals surface area contributed by atoms with Gasteiger partial charge in [-0.2, -0.15) is 0 Å². The Kier molecular flexibility index (Phi) is 4.99. The first-order valence-electron chi connectivity index (χ1n) is 7.12. The first kappa shape index (κ1) is 15.5. The summed E-state index contributed by atoms with van der Waals surface area (Å²) in [6.45, 7) is 4.18. The van der Waals surface area contributed by atoms with E-state index in [0.717, 1.165) is 0 Å². The molecule has 0 aliphatic rings. The van der Waals surface area contributed by atoms with E-state index in [1.165, 1.54) is 11.1 Å². The molecule has 2 rings (SSSR count). The van der Waals surface area contributed by atoms with Crippen molar-refractivity contribution >= 4 is 0 Å². The summed E-state index contributed by atoms with van der Waals surface area (Å²) in [5.74, 6) is 0.690.